The lowest BCUT2D eigenvalue weighted by molar-refractivity contribution is -0.133. The van der Waals surface area contributed by atoms with Crippen molar-refractivity contribution in [2.75, 3.05) is 16.1 Å². The van der Waals surface area contributed by atoms with E-state index in [1.165, 1.54) is 4.68 Å². The van der Waals surface area contributed by atoms with E-state index in [1.54, 1.807) is 54.6 Å². The van der Waals surface area contributed by atoms with Crippen LogP contribution in [0.5, 0.6) is 0 Å². The third-order valence-electron chi connectivity index (χ3n) is 4.88. The maximum atomic E-state index is 13.0. The zero-order valence-corrected chi connectivity index (χ0v) is 20.5. The number of fused-ring (bicyclic) bond motifs is 1. The van der Waals surface area contributed by atoms with E-state index in [0.717, 1.165) is 14.5 Å². The summed E-state index contributed by atoms with van der Waals surface area (Å²) in [6.45, 7) is 1.82. The van der Waals surface area contributed by atoms with Gasteiger partial charge in [-0.1, -0.05) is 50.1 Å². The van der Waals surface area contributed by atoms with Crippen LogP contribution in [0.2, 0.25) is 0 Å². The van der Waals surface area contributed by atoms with Gasteiger partial charge in [0, 0.05) is 25.7 Å². The molecule has 1 heterocycles. The molecule has 4 rings (SSSR count). The van der Waals surface area contributed by atoms with E-state index < -0.39 is 17.7 Å². The van der Waals surface area contributed by atoms with Gasteiger partial charge < -0.3 is 10.6 Å². The van der Waals surface area contributed by atoms with Crippen molar-refractivity contribution >= 4 is 71.9 Å². The van der Waals surface area contributed by atoms with Crippen molar-refractivity contribution in [3.8, 4) is 0 Å². The SMILES string of the molecule is Cc1cc(Br)ccc1NC(=O)C(=O)Nn1c(C(=O)Nc2ccccc2)cc2cc(Br)ccc21. The Kier molecular flexibility index (Phi) is 6.62. The number of amides is 3. The number of carbonyl (C=O) groups excluding carboxylic acids is 3. The van der Waals surface area contributed by atoms with Gasteiger partial charge in [0.1, 0.15) is 5.69 Å². The van der Waals surface area contributed by atoms with Crippen molar-refractivity contribution < 1.29 is 14.4 Å². The maximum Gasteiger partial charge on any atom is 0.328 e. The average Bonchev–Trinajstić information content (AvgIpc) is 3.13. The van der Waals surface area contributed by atoms with Crippen LogP contribution >= 0.6 is 31.9 Å². The van der Waals surface area contributed by atoms with Crippen molar-refractivity contribution in [3.05, 3.63) is 93.0 Å². The second-order valence-electron chi connectivity index (χ2n) is 7.24. The molecule has 0 bridgehead atoms. The van der Waals surface area contributed by atoms with E-state index in [9.17, 15) is 14.4 Å². The monoisotopic (exact) mass is 568 g/mol. The fourth-order valence-electron chi connectivity index (χ4n) is 3.29. The molecule has 3 aromatic carbocycles. The highest BCUT2D eigenvalue weighted by Gasteiger charge is 2.21. The summed E-state index contributed by atoms with van der Waals surface area (Å²) in [5.74, 6) is -2.20. The number of para-hydroxylation sites is 1. The largest absolute Gasteiger partial charge is 0.328 e. The number of nitrogens with zero attached hydrogens (tertiary/aromatic N) is 1. The van der Waals surface area contributed by atoms with Crippen molar-refractivity contribution in [1.29, 1.82) is 0 Å². The first-order chi connectivity index (χ1) is 15.8. The normalized spacial score (nSPS) is 10.6. The van der Waals surface area contributed by atoms with E-state index in [1.807, 2.05) is 25.1 Å². The molecule has 3 N–H and O–H groups in total. The van der Waals surface area contributed by atoms with Crippen LogP contribution in [0.25, 0.3) is 10.9 Å². The van der Waals surface area contributed by atoms with Crippen LogP contribution in [0.1, 0.15) is 16.1 Å². The van der Waals surface area contributed by atoms with E-state index >= 15 is 0 Å². The average molecular weight is 570 g/mol. The second-order valence-corrected chi connectivity index (χ2v) is 9.07. The molecule has 0 aliphatic rings. The van der Waals surface area contributed by atoms with Gasteiger partial charge in [0.2, 0.25) is 0 Å². The van der Waals surface area contributed by atoms with Crippen molar-refractivity contribution in [2.45, 2.75) is 6.92 Å². The molecular weight excluding hydrogens is 552 g/mol. The Morgan fingerprint density at radius 2 is 1.48 bits per heavy atom. The third-order valence-corrected chi connectivity index (χ3v) is 5.87. The van der Waals surface area contributed by atoms with E-state index in [0.29, 0.717) is 22.3 Å². The minimum atomic E-state index is -0.911. The Hall–Kier alpha value is -3.43. The van der Waals surface area contributed by atoms with Gasteiger partial charge >= 0.3 is 11.8 Å². The number of halogens is 2. The van der Waals surface area contributed by atoms with Gasteiger partial charge in [-0.05, 0) is 67.1 Å². The first-order valence-electron chi connectivity index (χ1n) is 9.88. The first-order valence-corrected chi connectivity index (χ1v) is 11.5. The van der Waals surface area contributed by atoms with Gasteiger partial charge in [0.15, 0.2) is 0 Å². The van der Waals surface area contributed by atoms with Crippen LogP contribution in [0.4, 0.5) is 11.4 Å². The van der Waals surface area contributed by atoms with Gasteiger partial charge in [-0.2, -0.15) is 0 Å². The van der Waals surface area contributed by atoms with Crippen LogP contribution in [0, 0.1) is 6.92 Å². The van der Waals surface area contributed by atoms with Gasteiger partial charge in [0.05, 0.1) is 5.52 Å². The van der Waals surface area contributed by atoms with E-state index in [-0.39, 0.29) is 5.69 Å². The van der Waals surface area contributed by atoms with Crippen LogP contribution in [-0.2, 0) is 9.59 Å². The molecule has 0 saturated heterocycles. The van der Waals surface area contributed by atoms with Gasteiger partial charge in [0.25, 0.3) is 5.91 Å². The fraction of sp³-hybridized carbons (Fsp3) is 0.0417. The van der Waals surface area contributed by atoms with Crippen LogP contribution in [0.3, 0.4) is 0 Å². The first kappa shape index (κ1) is 22.8. The molecule has 4 aromatic rings. The molecule has 7 nitrogen and oxygen atoms in total. The molecule has 166 valence electrons. The molecular formula is C24H18Br2N4O3. The zero-order valence-electron chi connectivity index (χ0n) is 17.4. The summed E-state index contributed by atoms with van der Waals surface area (Å²) < 4.78 is 2.99. The highest BCUT2D eigenvalue weighted by Crippen LogP contribution is 2.24. The van der Waals surface area contributed by atoms with Crippen LogP contribution in [0.15, 0.2) is 81.7 Å². The van der Waals surface area contributed by atoms with Crippen LogP contribution < -0.4 is 16.1 Å². The van der Waals surface area contributed by atoms with Crippen molar-refractivity contribution in [3.63, 3.8) is 0 Å². The molecule has 3 amide bonds. The highest BCUT2D eigenvalue weighted by molar-refractivity contribution is 9.10. The maximum absolute atomic E-state index is 13.0. The number of aromatic nitrogens is 1. The molecule has 0 radical (unpaired) electrons. The lowest BCUT2D eigenvalue weighted by Gasteiger charge is -2.13. The minimum Gasteiger partial charge on any atom is -0.321 e. The van der Waals surface area contributed by atoms with E-state index in [2.05, 4.69) is 47.9 Å². The Morgan fingerprint density at radius 3 is 2.21 bits per heavy atom. The molecule has 0 aliphatic carbocycles. The molecule has 1 aromatic heterocycles. The molecule has 0 unspecified atom stereocenters. The molecule has 0 spiro atoms. The molecule has 33 heavy (non-hydrogen) atoms. The smallest absolute Gasteiger partial charge is 0.321 e. The Labute approximate surface area is 206 Å². The summed E-state index contributed by atoms with van der Waals surface area (Å²) in [6, 6.07) is 21.3. The zero-order chi connectivity index (χ0) is 23.5. The van der Waals surface area contributed by atoms with Gasteiger partial charge in [-0.3, -0.25) is 19.8 Å². The van der Waals surface area contributed by atoms with Gasteiger partial charge in [-0.25, -0.2) is 4.68 Å². The van der Waals surface area contributed by atoms with Crippen LogP contribution in [-0.4, -0.2) is 22.4 Å². The Balaban J connectivity index is 1.62. The summed E-state index contributed by atoms with van der Waals surface area (Å²) in [5, 5.41) is 6.12. The predicted octanol–water partition coefficient (Wildman–Crippen LogP) is 5.44. The summed E-state index contributed by atoms with van der Waals surface area (Å²) in [6.07, 6.45) is 0. The second kappa shape index (κ2) is 9.60. The lowest BCUT2D eigenvalue weighted by Crippen LogP contribution is -2.36. The quantitative estimate of drug-likeness (QED) is 0.286. The number of hydrogen-bond donors (Lipinski definition) is 3. The number of nitrogens with one attached hydrogen (secondary N) is 3. The number of hydrogen-bond acceptors (Lipinski definition) is 3. The topological polar surface area (TPSA) is 92.2 Å². The summed E-state index contributed by atoms with van der Waals surface area (Å²) >= 11 is 6.78. The Bertz CT molecular complexity index is 1380. The summed E-state index contributed by atoms with van der Waals surface area (Å²) in [4.78, 5) is 38.3. The third kappa shape index (κ3) is 5.15. The number of benzene rings is 3. The number of aryl methyl sites for hydroxylation is 1. The molecule has 0 fully saturated rings. The molecule has 0 aliphatic heterocycles. The summed E-state index contributed by atoms with van der Waals surface area (Å²) in [7, 11) is 0. The number of rotatable bonds is 4. The molecule has 0 saturated carbocycles. The number of carbonyl (C=O) groups is 3. The summed E-state index contributed by atoms with van der Waals surface area (Å²) in [5.41, 5.74) is 5.21. The fourth-order valence-corrected chi connectivity index (χ4v) is 4.14. The van der Waals surface area contributed by atoms with Gasteiger partial charge in [-0.15, -0.1) is 0 Å². The molecule has 9 heteroatoms. The standard InChI is InChI=1S/C24H18Br2N4O3/c1-14-11-16(25)7-9-19(14)28-23(32)24(33)29-30-20-10-8-17(26)12-15(20)13-21(30)22(31)27-18-5-3-2-4-6-18/h2-13H,1H3,(H,27,31)(H,28,32)(H,29,33). The minimum absolute atomic E-state index is 0.174. The molecule has 0 atom stereocenters. The van der Waals surface area contributed by atoms with Crippen molar-refractivity contribution in [1.82, 2.24) is 4.68 Å². The predicted molar refractivity (Wildman–Crippen MR) is 136 cm³/mol. The number of anilines is 2. The Morgan fingerprint density at radius 1 is 0.788 bits per heavy atom. The van der Waals surface area contributed by atoms with Crippen molar-refractivity contribution in [2.24, 2.45) is 0 Å². The highest BCUT2D eigenvalue weighted by atomic mass is 79.9. The lowest BCUT2D eigenvalue weighted by atomic mass is 10.2. The van der Waals surface area contributed by atoms with E-state index in [4.69, 9.17) is 0 Å².